The van der Waals surface area contributed by atoms with Gasteiger partial charge in [0.2, 0.25) is 5.91 Å². The number of carbonyl (C=O) groups is 1. The smallest absolute Gasteiger partial charge is 0.237 e. The van der Waals surface area contributed by atoms with Gasteiger partial charge in [0.05, 0.1) is 5.54 Å². The largest absolute Gasteiger partial charge is 0.368 e. The molecule has 1 rings (SSSR count). The van der Waals surface area contributed by atoms with E-state index in [1.807, 2.05) is 0 Å². The van der Waals surface area contributed by atoms with Crippen LogP contribution < -0.4 is 11.5 Å². The van der Waals surface area contributed by atoms with Crippen LogP contribution in [0.3, 0.4) is 0 Å². The number of nitrogens with two attached hydrogens (primary N) is 2. The summed E-state index contributed by atoms with van der Waals surface area (Å²) in [6.45, 7) is 1.58. The molecule has 1 aromatic rings. The molecule has 0 aliphatic rings. The fourth-order valence-electron chi connectivity index (χ4n) is 1.32. The Morgan fingerprint density at radius 2 is 2.06 bits per heavy atom. The molecule has 0 heterocycles. The van der Waals surface area contributed by atoms with Gasteiger partial charge in [-0.25, -0.2) is 8.78 Å². The lowest BCUT2D eigenvalue weighted by Gasteiger charge is -2.19. The van der Waals surface area contributed by atoms with Crippen LogP contribution in [0.5, 0.6) is 0 Å². The van der Waals surface area contributed by atoms with Crippen LogP contribution in [0.15, 0.2) is 23.1 Å². The van der Waals surface area contributed by atoms with Gasteiger partial charge in [-0.3, -0.25) is 4.79 Å². The Bertz CT molecular complexity index is 438. The van der Waals surface area contributed by atoms with Gasteiger partial charge in [-0.05, 0) is 43.7 Å². The molecule has 6 heteroatoms. The third-order valence-electron chi connectivity index (χ3n) is 2.56. The molecule has 0 aliphatic heterocycles. The van der Waals surface area contributed by atoms with Crippen LogP contribution in [-0.2, 0) is 4.79 Å². The predicted molar refractivity (Wildman–Crippen MR) is 68.1 cm³/mol. The second-order valence-electron chi connectivity index (χ2n) is 4.31. The molecule has 0 radical (unpaired) electrons. The first-order valence-corrected chi connectivity index (χ1v) is 6.48. The van der Waals surface area contributed by atoms with Gasteiger partial charge in [0.15, 0.2) is 11.6 Å². The van der Waals surface area contributed by atoms with Crippen LogP contribution in [0, 0.1) is 11.6 Å². The van der Waals surface area contributed by atoms with E-state index in [4.69, 9.17) is 11.5 Å². The Balaban J connectivity index is 2.38. The molecule has 1 amide bonds. The molecule has 0 aliphatic carbocycles. The van der Waals surface area contributed by atoms with Crippen molar-refractivity contribution in [3.63, 3.8) is 0 Å². The number of rotatable bonds is 6. The van der Waals surface area contributed by atoms with Crippen molar-refractivity contribution in [2.75, 3.05) is 5.75 Å². The Morgan fingerprint density at radius 3 is 2.61 bits per heavy atom. The van der Waals surface area contributed by atoms with Crippen LogP contribution in [0.1, 0.15) is 19.8 Å². The number of carbonyl (C=O) groups excluding carboxylic acids is 1. The summed E-state index contributed by atoms with van der Waals surface area (Å²) >= 11 is 1.38. The van der Waals surface area contributed by atoms with Gasteiger partial charge in [-0.2, -0.15) is 0 Å². The van der Waals surface area contributed by atoms with Gasteiger partial charge in [-0.1, -0.05) is 0 Å². The van der Waals surface area contributed by atoms with E-state index >= 15 is 0 Å². The lowest BCUT2D eigenvalue weighted by Crippen LogP contribution is -2.49. The maximum Gasteiger partial charge on any atom is 0.237 e. The number of hydrogen-bond acceptors (Lipinski definition) is 3. The van der Waals surface area contributed by atoms with Crippen LogP contribution in [0.25, 0.3) is 0 Å². The molecule has 100 valence electrons. The summed E-state index contributed by atoms with van der Waals surface area (Å²) in [5.41, 5.74) is 9.81. The second kappa shape index (κ2) is 6.15. The maximum absolute atomic E-state index is 12.9. The van der Waals surface area contributed by atoms with Crippen molar-refractivity contribution >= 4 is 17.7 Å². The fourth-order valence-corrected chi connectivity index (χ4v) is 2.19. The topological polar surface area (TPSA) is 69.1 Å². The van der Waals surface area contributed by atoms with E-state index in [-0.39, 0.29) is 0 Å². The first kappa shape index (κ1) is 14.9. The molecule has 1 atom stereocenters. The van der Waals surface area contributed by atoms with Gasteiger partial charge in [0, 0.05) is 4.90 Å². The lowest BCUT2D eigenvalue weighted by molar-refractivity contribution is -0.122. The average molecular weight is 274 g/mol. The van der Waals surface area contributed by atoms with Gasteiger partial charge < -0.3 is 11.5 Å². The highest BCUT2D eigenvalue weighted by molar-refractivity contribution is 7.99. The maximum atomic E-state index is 12.9. The van der Waals surface area contributed by atoms with Crippen molar-refractivity contribution in [2.24, 2.45) is 11.5 Å². The minimum atomic E-state index is -1.02. The highest BCUT2D eigenvalue weighted by Crippen LogP contribution is 2.22. The molecule has 0 saturated heterocycles. The van der Waals surface area contributed by atoms with E-state index in [0.717, 1.165) is 12.1 Å². The van der Waals surface area contributed by atoms with Gasteiger partial charge in [0.25, 0.3) is 0 Å². The zero-order chi connectivity index (χ0) is 13.8. The Labute approximate surface area is 109 Å². The molecule has 0 fully saturated rings. The highest BCUT2D eigenvalue weighted by atomic mass is 32.2. The van der Waals surface area contributed by atoms with Gasteiger partial charge >= 0.3 is 0 Å². The molecule has 1 unspecified atom stereocenters. The minimum absolute atomic E-state index is 0.457. The Kier molecular flexibility index (Phi) is 5.10. The number of primary amides is 1. The van der Waals surface area contributed by atoms with E-state index in [0.29, 0.717) is 23.5 Å². The van der Waals surface area contributed by atoms with E-state index in [1.165, 1.54) is 17.8 Å². The molecular formula is C12H16F2N2OS. The van der Waals surface area contributed by atoms with Crippen molar-refractivity contribution in [1.29, 1.82) is 0 Å². The quantitative estimate of drug-likeness (QED) is 0.616. The molecule has 1 aromatic carbocycles. The molecule has 18 heavy (non-hydrogen) atoms. The van der Waals surface area contributed by atoms with Crippen molar-refractivity contribution < 1.29 is 13.6 Å². The number of benzene rings is 1. The van der Waals surface area contributed by atoms with Crippen molar-refractivity contribution in [3.8, 4) is 0 Å². The lowest BCUT2D eigenvalue weighted by atomic mass is 9.97. The first-order valence-electron chi connectivity index (χ1n) is 5.49. The van der Waals surface area contributed by atoms with Crippen molar-refractivity contribution in [2.45, 2.75) is 30.2 Å². The number of amides is 1. The summed E-state index contributed by atoms with van der Waals surface area (Å²) in [6, 6.07) is 3.75. The SMILES string of the molecule is CC(N)(CCCSc1ccc(F)c(F)c1)C(N)=O. The number of hydrogen-bond donors (Lipinski definition) is 2. The van der Waals surface area contributed by atoms with Gasteiger partial charge in [0.1, 0.15) is 0 Å². The van der Waals surface area contributed by atoms with Crippen molar-refractivity contribution in [1.82, 2.24) is 0 Å². The third-order valence-corrected chi connectivity index (χ3v) is 3.64. The molecule has 0 aromatic heterocycles. The molecule has 0 saturated carbocycles. The summed E-state index contributed by atoms with van der Waals surface area (Å²) in [7, 11) is 0. The van der Waals surface area contributed by atoms with Crippen molar-refractivity contribution in [3.05, 3.63) is 29.8 Å². The standard InChI is InChI=1S/C12H16F2N2OS/c1-12(16,11(15)17)5-2-6-18-8-3-4-9(13)10(14)7-8/h3-4,7H,2,5-6,16H2,1H3,(H2,15,17). The zero-order valence-electron chi connectivity index (χ0n) is 10.1. The predicted octanol–water partition coefficient (Wildman–Crippen LogP) is 2.04. The number of thioether (sulfide) groups is 1. The van der Waals surface area contributed by atoms with Crippen LogP contribution in [-0.4, -0.2) is 17.2 Å². The number of halogens is 2. The summed E-state index contributed by atoms with van der Waals surface area (Å²) in [5.74, 6) is -1.60. The summed E-state index contributed by atoms with van der Waals surface area (Å²) in [5, 5.41) is 0. The highest BCUT2D eigenvalue weighted by Gasteiger charge is 2.24. The van der Waals surface area contributed by atoms with E-state index in [2.05, 4.69) is 0 Å². The molecule has 3 nitrogen and oxygen atoms in total. The molecule has 0 spiro atoms. The van der Waals surface area contributed by atoms with E-state index in [1.54, 1.807) is 6.92 Å². The Morgan fingerprint density at radius 1 is 1.39 bits per heavy atom. The van der Waals surface area contributed by atoms with E-state index < -0.39 is 23.1 Å². The first-order chi connectivity index (χ1) is 8.33. The monoisotopic (exact) mass is 274 g/mol. The zero-order valence-corrected chi connectivity index (χ0v) is 10.9. The normalized spacial score (nSPS) is 14.2. The average Bonchev–Trinajstić information content (AvgIpc) is 2.29. The van der Waals surface area contributed by atoms with Crippen LogP contribution in [0.2, 0.25) is 0 Å². The summed E-state index contributed by atoms with van der Waals surface area (Å²) in [4.78, 5) is 11.6. The molecule has 0 bridgehead atoms. The van der Waals surface area contributed by atoms with Crippen LogP contribution >= 0.6 is 11.8 Å². The second-order valence-corrected chi connectivity index (χ2v) is 5.48. The van der Waals surface area contributed by atoms with Crippen LogP contribution in [0.4, 0.5) is 8.78 Å². The molecular weight excluding hydrogens is 258 g/mol. The molecule has 4 N–H and O–H groups in total. The van der Waals surface area contributed by atoms with Gasteiger partial charge in [-0.15, -0.1) is 11.8 Å². The van der Waals surface area contributed by atoms with E-state index in [9.17, 15) is 13.6 Å². The summed E-state index contributed by atoms with van der Waals surface area (Å²) in [6.07, 6.45) is 1.12. The summed E-state index contributed by atoms with van der Waals surface area (Å²) < 4.78 is 25.6. The minimum Gasteiger partial charge on any atom is -0.368 e. The Hall–Kier alpha value is -1.14. The fraction of sp³-hybridized carbons (Fsp3) is 0.417. The third kappa shape index (κ3) is 4.27.